The highest BCUT2D eigenvalue weighted by Gasteiger charge is 2.83. The van der Waals surface area contributed by atoms with E-state index in [1.165, 1.54) is 17.7 Å². The third kappa shape index (κ3) is 2.01. The molecule has 6 heterocycles. The molecule has 31 heavy (non-hydrogen) atoms. The summed E-state index contributed by atoms with van der Waals surface area (Å²) in [5, 5.41) is 24.1. The quantitative estimate of drug-likeness (QED) is 0.731. The van der Waals surface area contributed by atoms with E-state index in [0.29, 0.717) is 29.8 Å². The van der Waals surface area contributed by atoms with Crippen LogP contribution >= 0.6 is 0 Å². The van der Waals surface area contributed by atoms with Crippen molar-refractivity contribution in [1.29, 1.82) is 0 Å². The van der Waals surface area contributed by atoms with Crippen LogP contribution < -0.4 is 4.90 Å². The molecular formula is C26H37N2O3+. The van der Waals surface area contributed by atoms with Crippen LogP contribution in [0, 0.1) is 17.8 Å². The van der Waals surface area contributed by atoms with Crippen molar-refractivity contribution in [2.45, 2.75) is 87.4 Å². The molecule has 6 fully saturated rings. The van der Waals surface area contributed by atoms with E-state index in [4.69, 9.17) is 4.74 Å². The van der Waals surface area contributed by atoms with Crippen LogP contribution in [0.5, 0.6) is 0 Å². The van der Waals surface area contributed by atoms with Gasteiger partial charge in [0.2, 0.25) is 0 Å². The van der Waals surface area contributed by atoms with Crippen molar-refractivity contribution in [2.24, 2.45) is 17.8 Å². The van der Waals surface area contributed by atoms with E-state index < -0.39 is 0 Å². The van der Waals surface area contributed by atoms with Gasteiger partial charge in [-0.15, -0.1) is 0 Å². The number of fused-ring (bicyclic) bond motifs is 2. The summed E-state index contributed by atoms with van der Waals surface area (Å²) in [5.74, 6) is 1.05. The number of aliphatic hydroxyl groups is 2. The van der Waals surface area contributed by atoms with Crippen LogP contribution in [0.1, 0.15) is 51.0 Å². The molecule has 0 radical (unpaired) electrons. The second-order valence-electron chi connectivity index (χ2n) is 11.5. The fraction of sp³-hybridized carbons (Fsp3) is 0.769. The first-order valence-corrected chi connectivity index (χ1v) is 12.7. The second-order valence-corrected chi connectivity index (χ2v) is 11.5. The first kappa shape index (κ1) is 19.3. The summed E-state index contributed by atoms with van der Waals surface area (Å²) < 4.78 is 7.08. The Labute approximate surface area is 185 Å². The Morgan fingerprint density at radius 1 is 1.19 bits per heavy atom. The molecule has 168 valence electrons. The first-order chi connectivity index (χ1) is 15.1. The highest BCUT2D eigenvalue weighted by atomic mass is 16.5. The predicted octanol–water partition coefficient (Wildman–Crippen LogP) is 2.64. The lowest BCUT2D eigenvalue weighted by Gasteiger charge is -2.68. The largest absolute Gasteiger partial charge is 0.392 e. The Morgan fingerprint density at radius 3 is 2.81 bits per heavy atom. The number of hydrogen-bond donors (Lipinski definition) is 2. The maximum Gasteiger partial charge on any atom is 0.194 e. The Balaban J connectivity index is 1.42. The average Bonchev–Trinajstić information content (AvgIpc) is 3.18. The molecule has 6 aliphatic heterocycles. The highest BCUT2D eigenvalue weighted by molar-refractivity contribution is 5.66. The van der Waals surface area contributed by atoms with E-state index >= 15 is 0 Å². The van der Waals surface area contributed by atoms with E-state index in [9.17, 15) is 10.2 Å². The molecule has 7 aliphatic rings. The van der Waals surface area contributed by atoms with Gasteiger partial charge in [-0.3, -0.25) is 4.48 Å². The number of aliphatic hydroxyl groups excluding tert-OH is 2. The summed E-state index contributed by atoms with van der Waals surface area (Å²) >= 11 is 0. The summed E-state index contributed by atoms with van der Waals surface area (Å²) in [4.78, 5) is 2.48. The number of para-hydroxylation sites is 1. The van der Waals surface area contributed by atoms with Gasteiger partial charge < -0.3 is 19.8 Å². The van der Waals surface area contributed by atoms with E-state index in [0.717, 1.165) is 49.7 Å². The Hall–Kier alpha value is -1.14. The standard InChI is InChI=1S/C26H37N2O3/c1-3-16-17-12-20-23-26(18-9-4-5-10-19(18)27(23)2)13-21(22(17)24(26)29)28(20,25(16)30)14-15-8-6-7-11-31-15/h4-5,9-10,15-17,20-25,29-30H,3,6-8,11-14H2,1-2H3/q+1/t15-,16-,17-,20+,21-,22+,23-,24-,25+,26+,28?/m0/s1. The van der Waals surface area contributed by atoms with Gasteiger partial charge in [-0.1, -0.05) is 25.1 Å². The molecular weight excluding hydrogens is 388 g/mol. The van der Waals surface area contributed by atoms with Gasteiger partial charge in [0.25, 0.3) is 0 Å². The molecule has 5 nitrogen and oxygen atoms in total. The van der Waals surface area contributed by atoms with Crippen molar-refractivity contribution in [3.63, 3.8) is 0 Å². The minimum Gasteiger partial charge on any atom is -0.392 e. The lowest BCUT2D eigenvalue weighted by Crippen LogP contribution is -2.83. The van der Waals surface area contributed by atoms with Gasteiger partial charge in [-0.2, -0.15) is 0 Å². The molecule has 1 saturated carbocycles. The third-order valence-electron chi connectivity index (χ3n) is 10.9. The zero-order valence-electron chi connectivity index (χ0n) is 18.9. The molecule has 5 heteroatoms. The third-order valence-corrected chi connectivity index (χ3v) is 10.9. The fourth-order valence-electron chi connectivity index (χ4n) is 10.1. The van der Waals surface area contributed by atoms with Crippen LogP contribution in [0.25, 0.3) is 0 Å². The predicted molar refractivity (Wildman–Crippen MR) is 119 cm³/mol. The molecule has 5 saturated heterocycles. The Morgan fingerprint density at radius 2 is 2.03 bits per heavy atom. The van der Waals surface area contributed by atoms with Gasteiger partial charge in [-0.05, 0) is 43.2 Å². The Bertz CT molecular complexity index is 902. The molecule has 1 unspecified atom stereocenters. The van der Waals surface area contributed by atoms with Crippen LogP contribution in [0.3, 0.4) is 0 Å². The van der Waals surface area contributed by atoms with Gasteiger partial charge in [0, 0.05) is 44.0 Å². The minimum absolute atomic E-state index is 0.169. The van der Waals surface area contributed by atoms with Crippen LogP contribution in [0.4, 0.5) is 5.69 Å². The molecule has 1 aliphatic carbocycles. The SMILES string of the molecule is CC[C@H]1[C@@H]2C[C@@H]3[C@@H]4N(C)c5ccccc5[C@]45C[C@@H]([C@@H]2[C@@H]5O)[N+]3(C[C@@H]2CCCCO2)[C@@H]1O. The average molecular weight is 426 g/mol. The van der Waals surface area contributed by atoms with E-state index in [-0.39, 0.29) is 29.9 Å². The number of ether oxygens (including phenoxy) is 1. The van der Waals surface area contributed by atoms with Crippen molar-refractivity contribution in [3.8, 4) is 0 Å². The van der Waals surface area contributed by atoms with Crippen LogP contribution in [-0.4, -0.2) is 71.5 Å². The number of nitrogens with zero attached hydrogens (tertiary/aromatic N) is 2. The number of piperidine rings is 4. The van der Waals surface area contributed by atoms with Crippen LogP contribution in [0.2, 0.25) is 0 Å². The van der Waals surface area contributed by atoms with Crippen molar-refractivity contribution in [2.75, 3.05) is 25.1 Å². The summed E-state index contributed by atoms with van der Waals surface area (Å²) in [6.45, 7) is 4.03. The van der Waals surface area contributed by atoms with Crippen LogP contribution in [-0.2, 0) is 10.2 Å². The summed E-state index contributed by atoms with van der Waals surface area (Å²) in [6, 6.07) is 9.80. The maximum absolute atomic E-state index is 12.1. The number of hydrogen-bond acceptors (Lipinski definition) is 4. The topological polar surface area (TPSA) is 52.9 Å². The van der Waals surface area contributed by atoms with Crippen LogP contribution in [0.15, 0.2) is 24.3 Å². The Kier molecular flexibility index (Phi) is 3.90. The van der Waals surface area contributed by atoms with Gasteiger partial charge in [0.1, 0.15) is 18.7 Å². The summed E-state index contributed by atoms with van der Waals surface area (Å²) in [7, 11) is 2.24. The molecule has 8 rings (SSSR count). The van der Waals surface area contributed by atoms with Gasteiger partial charge in [0.15, 0.2) is 6.23 Å². The zero-order valence-corrected chi connectivity index (χ0v) is 18.9. The van der Waals surface area contributed by atoms with E-state index in [1.807, 2.05) is 0 Å². The first-order valence-electron chi connectivity index (χ1n) is 12.7. The smallest absolute Gasteiger partial charge is 0.194 e. The number of benzene rings is 1. The van der Waals surface area contributed by atoms with Gasteiger partial charge in [0.05, 0.1) is 23.6 Å². The zero-order chi connectivity index (χ0) is 21.1. The number of likely N-dealkylation sites (N-methyl/N-ethyl adjacent to an activating group) is 1. The van der Waals surface area contributed by atoms with Crippen molar-refractivity contribution in [3.05, 3.63) is 29.8 Å². The normalized spacial score (nSPS) is 53.7. The molecule has 0 aromatic heterocycles. The van der Waals surface area contributed by atoms with Crippen molar-refractivity contribution >= 4 is 5.69 Å². The van der Waals surface area contributed by atoms with E-state index in [1.54, 1.807) is 0 Å². The minimum atomic E-state index is -0.319. The van der Waals surface area contributed by atoms with Crippen molar-refractivity contribution < 1.29 is 19.4 Å². The molecule has 0 amide bonds. The monoisotopic (exact) mass is 425 g/mol. The molecule has 11 atom stereocenters. The molecule has 1 aromatic carbocycles. The molecule has 1 aromatic rings. The lowest BCUT2D eigenvalue weighted by atomic mass is 9.60. The fourth-order valence-corrected chi connectivity index (χ4v) is 10.1. The summed E-state index contributed by atoms with van der Waals surface area (Å²) in [5.41, 5.74) is 2.49. The maximum atomic E-state index is 12.1. The van der Waals surface area contributed by atoms with E-state index in [2.05, 4.69) is 43.1 Å². The molecule has 2 N–H and O–H groups in total. The second kappa shape index (κ2) is 6.25. The number of anilines is 1. The number of rotatable bonds is 3. The van der Waals surface area contributed by atoms with Gasteiger partial charge in [-0.25, -0.2) is 0 Å². The van der Waals surface area contributed by atoms with Crippen molar-refractivity contribution in [1.82, 2.24) is 0 Å². The highest BCUT2D eigenvalue weighted by Crippen LogP contribution is 2.71. The molecule has 1 spiro atoms. The van der Waals surface area contributed by atoms with Gasteiger partial charge >= 0.3 is 0 Å². The number of quaternary nitrogens is 1. The lowest BCUT2D eigenvalue weighted by molar-refractivity contribution is -1.04. The summed E-state index contributed by atoms with van der Waals surface area (Å²) in [6.07, 6.45) is 6.30. The molecule has 5 bridgehead atoms.